The average Bonchev–Trinajstić information content (AvgIpc) is 2.80. The summed E-state index contributed by atoms with van der Waals surface area (Å²) in [4.78, 5) is 25.0. The Labute approximate surface area is 159 Å². The SMILES string of the molecule is CC1(C)OC(=O)N(c2ccccc2)C12C=Cc1cc(Cl)cc([N+](=O)[O-])c1O2. The van der Waals surface area contributed by atoms with E-state index in [-0.39, 0.29) is 16.5 Å². The molecule has 1 saturated heterocycles. The highest BCUT2D eigenvalue weighted by atomic mass is 35.5. The number of nitrogens with zero attached hydrogens (tertiary/aromatic N) is 2. The molecular weight excluding hydrogens is 372 g/mol. The van der Waals surface area contributed by atoms with Gasteiger partial charge >= 0.3 is 11.8 Å². The Kier molecular flexibility index (Phi) is 3.68. The molecule has 0 saturated carbocycles. The number of hydrogen-bond acceptors (Lipinski definition) is 5. The van der Waals surface area contributed by atoms with E-state index in [9.17, 15) is 14.9 Å². The second-order valence-corrected chi connectivity index (χ2v) is 7.22. The molecule has 138 valence electrons. The van der Waals surface area contributed by atoms with Gasteiger partial charge in [-0.25, -0.2) is 9.69 Å². The molecule has 0 radical (unpaired) electrons. The summed E-state index contributed by atoms with van der Waals surface area (Å²) in [5.74, 6) is 0.0409. The molecule has 0 bridgehead atoms. The van der Waals surface area contributed by atoms with Gasteiger partial charge in [0.2, 0.25) is 5.75 Å². The van der Waals surface area contributed by atoms with Gasteiger partial charge < -0.3 is 9.47 Å². The Balaban J connectivity index is 1.93. The van der Waals surface area contributed by atoms with Crippen LogP contribution in [-0.2, 0) is 4.74 Å². The van der Waals surface area contributed by atoms with Crippen LogP contribution in [0.2, 0.25) is 5.02 Å². The molecule has 1 fully saturated rings. The smallest absolute Gasteiger partial charge is 0.418 e. The van der Waals surface area contributed by atoms with Gasteiger partial charge in [0.15, 0.2) is 5.60 Å². The second-order valence-electron chi connectivity index (χ2n) is 6.78. The van der Waals surface area contributed by atoms with Crippen molar-refractivity contribution in [2.75, 3.05) is 4.90 Å². The van der Waals surface area contributed by atoms with Gasteiger partial charge in [0, 0.05) is 16.7 Å². The van der Waals surface area contributed by atoms with Gasteiger partial charge in [-0.05, 0) is 44.2 Å². The first-order valence-corrected chi connectivity index (χ1v) is 8.57. The van der Waals surface area contributed by atoms with Crippen LogP contribution in [0.5, 0.6) is 5.75 Å². The van der Waals surface area contributed by atoms with Crippen molar-refractivity contribution in [1.29, 1.82) is 0 Å². The summed E-state index contributed by atoms with van der Waals surface area (Å²) in [6, 6.07) is 11.7. The van der Waals surface area contributed by atoms with Crippen molar-refractivity contribution in [3.05, 3.63) is 69.2 Å². The molecule has 0 aromatic heterocycles. The van der Waals surface area contributed by atoms with E-state index >= 15 is 0 Å². The maximum Gasteiger partial charge on any atom is 0.418 e. The molecule has 1 amide bonds. The number of fused-ring (bicyclic) bond motifs is 1. The Morgan fingerprint density at radius 1 is 1.15 bits per heavy atom. The third-order valence-electron chi connectivity index (χ3n) is 4.74. The maximum atomic E-state index is 12.7. The number of benzene rings is 2. The monoisotopic (exact) mass is 386 g/mol. The van der Waals surface area contributed by atoms with Crippen molar-refractivity contribution < 1.29 is 19.2 Å². The summed E-state index contributed by atoms with van der Waals surface area (Å²) in [5, 5.41) is 11.8. The lowest BCUT2D eigenvalue weighted by atomic mass is 9.90. The predicted octanol–water partition coefficient (Wildman–Crippen LogP) is 4.79. The number of ether oxygens (including phenoxy) is 2. The number of rotatable bonds is 2. The van der Waals surface area contributed by atoms with Crippen molar-refractivity contribution in [2.45, 2.75) is 25.2 Å². The largest absolute Gasteiger partial charge is 0.452 e. The van der Waals surface area contributed by atoms with Crippen molar-refractivity contribution in [3.63, 3.8) is 0 Å². The molecule has 1 atom stereocenters. The Hall–Kier alpha value is -3.06. The molecule has 1 spiro atoms. The van der Waals surface area contributed by atoms with E-state index in [1.54, 1.807) is 56.3 Å². The number of para-hydroxylation sites is 1. The molecule has 1 unspecified atom stereocenters. The Morgan fingerprint density at radius 3 is 2.52 bits per heavy atom. The van der Waals surface area contributed by atoms with Gasteiger partial charge in [-0.2, -0.15) is 0 Å². The van der Waals surface area contributed by atoms with Crippen LogP contribution < -0.4 is 9.64 Å². The minimum Gasteiger partial charge on any atom is -0.452 e. The molecule has 8 heteroatoms. The highest BCUT2D eigenvalue weighted by Gasteiger charge is 2.63. The summed E-state index contributed by atoms with van der Waals surface area (Å²) < 4.78 is 11.7. The van der Waals surface area contributed by atoms with Crippen molar-refractivity contribution in [3.8, 4) is 5.75 Å². The average molecular weight is 387 g/mol. The number of amides is 1. The van der Waals surface area contributed by atoms with Crippen LogP contribution in [0.1, 0.15) is 19.4 Å². The summed E-state index contributed by atoms with van der Waals surface area (Å²) >= 11 is 6.00. The minimum atomic E-state index is -1.39. The number of nitro benzene ring substituents is 1. The fourth-order valence-electron chi connectivity index (χ4n) is 3.42. The van der Waals surface area contributed by atoms with E-state index in [1.807, 2.05) is 6.07 Å². The van der Waals surface area contributed by atoms with Gasteiger partial charge in [-0.3, -0.25) is 10.1 Å². The molecule has 0 N–H and O–H groups in total. The molecule has 2 aromatic carbocycles. The van der Waals surface area contributed by atoms with Crippen LogP contribution >= 0.6 is 11.6 Å². The number of carbonyl (C=O) groups excluding carboxylic acids is 1. The summed E-state index contributed by atoms with van der Waals surface area (Å²) in [5.41, 5.74) is -1.76. The molecule has 2 aliphatic heterocycles. The zero-order valence-corrected chi connectivity index (χ0v) is 15.3. The molecule has 4 rings (SSSR count). The summed E-state index contributed by atoms with van der Waals surface area (Å²) in [7, 11) is 0. The van der Waals surface area contributed by atoms with Crippen LogP contribution in [0, 0.1) is 10.1 Å². The quantitative estimate of drug-likeness (QED) is 0.547. The van der Waals surface area contributed by atoms with Gasteiger partial charge in [0.1, 0.15) is 0 Å². The van der Waals surface area contributed by atoms with E-state index in [1.165, 1.54) is 11.0 Å². The normalized spacial score (nSPS) is 22.3. The zero-order valence-electron chi connectivity index (χ0n) is 14.5. The maximum absolute atomic E-state index is 12.7. The lowest BCUT2D eigenvalue weighted by molar-refractivity contribution is -0.386. The minimum absolute atomic E-state index is 0.0409. The van der Waals surface area contributed by atoms with Crippen LogP contribution in [-0.4, -0.2) is 22.3 Å². The van der Waals surface area contributed by atoms with Crippen LogP contribution in [0.25, 0.3) is 6.08 Å². The standard InChI is InChI=1S/C19H15ClN2O5/c1-18(2)19(21(17(23)27-18)14-6-4-3-5-7-14)9-8-12-10-13(20)11-15(22(24)25)16(12)26-19/h3-11H,1-2H3. The van der Waals surface area contributed by atoms with Crippen molar-refractivity contribution in [2.24, 2.45) is 0 Å². The Morgan fingerprint density at radius 2 is 1.85 bits per heavy atom. The first kappa shape index (κ1) is 17.4. The lowest BCUT2D eigenvalue weighted by Gasteiger charge is -2.42. The number of cyclic esters (lactones) is 1. The highest BCUT2D eigenvalue weighted by Crippen LogP contribution is 2.50. The van der Waals surface area contributed by atoms with E-state index in [0.717, 1.165) is 0 Å². The van der Waals surface area contributed by atoms with Gasteiger partial charge in [0.25, 0.3) is 5.72 Å². The number of carbonyl (C=O) groups is 1. The fourth-order valence-corrected chi connectivity index (χ4v) is 3.64. The fraction of sp³-hybridized carbons (Fsp3) is 0.211. The third-order valence-corrected chi connectivity index (χ3v) is 4.96. The lowest BCUT2D eigenvalue weighted by Crippen LogP contribution is -2.60. The van der Waals surface area contributed by atoms with E-state index in [2.05, 4.69) is 0 Å². The molecule has 7 nitrogen and oxygen atoms in total. The molecular formula is C19H15ClN2O5. The van der Waals surface area contributed by atoms with Gasteiger partial charge in [-0.15, -0.1) is 0 Å². The topological polar surface area (TPSA) is 81.9 Å². The van der Waals surface area contributed by atoms with Gasteiger partial charge in [-0.1, -0.05) is 29.8 Å². The number of anilines is 1. The first-order chi connectivity index (χ1) is 12.7. The molecule has 0 aliphatic carbocycles. The third kappa shape index (κ3) is 2.46. The van der Waals surface area contributed by atoms with Crippen molar-refractivity contribution in [1.82, 2.24) is 0 Å². The van der Waals surface area contributed by atoms with Gasteiger partial charge in [0.05, 0.1) is 10.6 Å². The second kappa shape index (κ2) is 5.72. The number of hydrogen-bond donors (Lipinski definition) is 0. The van der Waals surface area contributed by atoms with Crippen LogP contribution in [0.4, 0.5) is 16.2 Å². The number of halogens is 1. The summed E-state index contributed by atoms with van der Waals surface area (Å²) in [6.45, 7) is 3.40. The zero-order chi connectivity index (χ0) is 19.4. The summed E-state index contributed by atoms with van der Waals surface area (Å²) in [6.07, 6.45) is 2.74. The van der Waals surface area contributed by atoms with Crippen LogP contribution in [0.15, 0.2) is 48.5 Å². The molecule has 2 aromatic rings. The predicted molar refractivity (Wildman–Crippen MR) is 100.0 cm³/mol. The van der Waals surface area contributed by atoms with Crippen molar-refractivity contribution >= 4 is 35.1 Å². The Bertz CT molecular complexity index is 989. The van der Waals surface area contributed by atoms with Crippen LogP contribution in [0.3, 0.4) is 0 Å². The number of nitro groups is 1. The van der Waals surface area contributed by atoms with E-state index in [0.29, 0.717) is 11.3 Å². The van der Waals surface area contributed by atoms with E-state index in [4.69, 9.17) is 21.1 Å². The molecule has 2 aliphatic rings. The highest BCUT2D eigenvalue weighted by molar-refractivity contribution is 6.31. The molecule has 2 heterocycles. The first-order valence-electron chi connectivity index (χ1n) is 8.20. The van der Waals surface area contributed by atoms with E-state index < -0.39 is 22.3 Å². The molecule has 27 heavy (non-hydrogen) atoms.